The second-order valence-corrected chi connectivity index (χ2v) is 3.19. The van der Waals surface area contributed by atoms with Crippen molar-refractivity contribution >= 4 is 22.5 Å². The lowest BCUT2D eigenvalue weighted by Crippen LogP contribution is -2.09. The SMILES string of the molecule is FC(F)(F)c1nc(Cl)nc2ccccc12. The molecule has 0 spiro atoms. The summed E-state index contributed by atoms with van der Waals surface area (Å²) >= 11 is 5.41. The Balaban J connectivity index is 2.83. The van der Waals surface area contributed by atoms with E-state index >= 15 is 0 Å². The van der Waals surface area contributed by atoms with Crippen LogP contribution >= 0.6 is 11.6 Å². The van der Waals surface area contributed by atoms with Gasteiger partial charge in [-0.1, -0.05) is 18.2 Å². The fraction of sp³-hybridized carbons (Fsp3) is 0.111. The number of nitrogens with zero attached hydrogens (tertiary/aromatic N) is 2. The van der Waals surface area contributed by atoms with E-state index in [0.29, 0.717) is 0 Å². The van der Waals surface area contributed by atoms with Crippen LogP contribution in [0.3, 0.4) is 0 Å². The number of rotatable bonds is 0. The molecule has 6 heteroatoms. The topological polar surface area (TPSA) is 25.8 Å². The number of benzene rings is 1. The van der Waals surface area contributed by atoms with E-state index in [1.807, 2.05) is 0 Å². The van der Waals surface area contributed by atoms with Crippen LogP contribution in [-0.4, -0.2) is 9.97 Å². The molecule has 0 amide bonds. The molecule has 78 valence electrons. The Kier molecular flexibility index (Phi) is 2.26. The molecule has 1 aromatic heterocycles. The van der Waals surface area contributed by atoms with Gasteiger partial charge in [0.25, 0.3) is 0 Å². The van der Waals surface area contributed by atoms with Gasteiger partial charge in [0.2, 0.25) is 5.28 Å². The zero-order chi connectivity index (χ0) is 11.1. The number of hydrogen-bond donors (Lipinski definition) is 0. The average molecular weight is 233 g/mol. The second kappa shape index (κ2) is 3.34. The summed E-state index contributed by atoms with van der Waals surface area (Å²) in [4.78, 5) is 6.91. The van der Waals surface area contributed by atoms with Crippen molar-refractivity contribution in [3.63, 3.8) is 0 Å². The average Bonchev–Trinajstić information content (AvgIpc) is 2.15. The molecule has 0 saturated heterocycles. The Morgan fingerprint density at radius 3 is 2.40 bits per heavy atom. The Bertz CT molecular complexity index is 510. The van der Waals surface area contributed by atoms with E-state index in [0.717, 1.165) is 0 Å². The molecule has 0 fully saturated rings. The molecule has 2 rings (SSSR count). The first kappa shape index (κ1) is 10.2. The van der Waals surface area contributed by atoms with Gasteiger partial charge in [0.05, 0.1) is 5.52 Å². The van der Waals surface area contributed by atoms with Gasteiger partial charge in [-0.15, -0.1) is 0 Å². The van der Waals surface area contributed by atoms with Crippen LogP contribution in [0.25, 0.3) is 10.9 Å². The highest BCUT2D eigenvalue weighted by atomic mass is 35.5. The van der Waals surface area contributed by atoms with E-state index in [-0.39, 0.29) is 10.9 Å². The number of aromatic nitrogens is 2. The lowest BCUT2D eigenvalue weighted by molar-refractivity contribution is -0.139. The van der Waals surface area contributed by atoms with Crippen molar-refractivity contribution in [3.05, 3.63) is 35.2 Å². The van der Waals surface area contributed by atoms with E-state index in [2.05, 4.69) is 9.97 Å². The molecule has 0 radical (unpaired) electrons. The van der Waals surface area contributed by atoms with E-state index in [4.69, 9.17) is 11.6 Å². The van der Waals surface area contributed by atoms with Crippen LogP contribution in [0.15, 0.2) is 24.3 Å². The smallest absolute Gasteiger partial charge is 0.218 e. The minimum absolute atomic E-state index is 0.0469. The summed E-state index contributed by atoms with van der Waals surface area (Å²) in [5, 5.41) is -0.449. The van der Waals surface area contributed by atoms with Crippen LogP contribution in [0.4, 0.5) is 13.2 Å². The van der Waals surface area contributed by atoms with Crippen LogP contribution in [0.5, 0.6) is 0 Å². The van der Waals surface area contributed by atoms with E-state index < -0.39 is 17.2 Å². The number of alkyl halides is 3. The zero-order valence-corrected chi connectivity index (χ0v) is 7.97. The first-order valence-electron chi connectivity index (χ1n) is 3.98. The van der Waals surface area contributed by atoms with Gasteiger partial charge in [0.15, 0.2) is 5.69 Å². The third-order valence-corrected chi connectivity index (χ3v) is 2.01. The fourth-order valence-electron chi connectivity index (χ4n) is 1.26. The first-order valence-corrected chi connectivity index (χ1v) is 4.36. The standard InChI is InChI=1S/C9H4ClF3N2/c10-8-14-6-4-2-1-3-5(6)7(15-8)9(11,12)13/h1-4H. The number of fused-ring (bicyclic) bond motifs is 1. The van der Waals surface area contributed by atoms with E-state index in [9.17, 15) is 13.2 Å². The van der Waals surface area contributed by atoms with Crippen LogP contribution in [0, 0.1) is 0 Å². The highest BCUT2D eigenvalue weighted by molar-refractivity contribution is 6.28. The van der Waals surface area contributed by atoms with Crippen molar-refractivity contribution in [2.45, 2.75) is 6.18 Å². The molecular weight excluding hydrogens is 229 g/mol. The zero-order valence-electron chi connectivity index (χ0n) is 7.22. The maximum absolute atomic E-state index is 12.5. The second-order valence-electron chi connectivity index (χ2n) is 2.86. The van der Waals surface area contributed by atoms with Crippen molar-refractivity contribution in [1.82, 2.24) is 9.97 Å². The van der Waals surface area contributed by atoms with Crippen LogP contribution < -0.4 is 0 Å². The molecule has 15 heavy (non-hydrogen) atoms. The molecule has 0 N–H and O–H groups in total. The Labute approximate surface area is 87.7 Å². The molecular formula is C9H4ClF3N2. The summed E-state index contributed by atoms with van der Waals surface area (Å²) in [6.07, 6.45) is -4.52. The van der Waals surface area contributed by atoms with Gasteiger partial charge in [0, 0.05) is 5.39 Å². The molecule has 1 aromatic carbocycles. The monoisotopic (exact) mass is 232 g/mol. The molecule has 0 saturated carbocycles. The summed E-state index contributed by atoms with van der Waals surface area (Å²) in [6.45, 7) is 0. The molecule has 2 aromatic rings. The van der Waals surface area contributed by atoms with Gasteiger partial charge in [-0.2, -0.15) is 13.2 Å². The summed E-state index contributed by atoms with van der Waals surface area (Å²) in [5.74, 6) is 0. The highest BCUT2D eigenvalue weighted by Crippen LogP contribution is 2.33. The number of para-hydroxylation sites is 1. The molecule has 0 atom stereocenters. The van der Waals surface area contributed by atoms with Gasteiger partial charge in [-0.3, -0.25) is 0 Å². The normalized spacial score (nSPS) is 12.0. The first-order chi connectivity index (χ1) is 6.98. The quantitative estimate of drug-likeness (QED) is 0.652. The van der Waals surface area contributed by atoms with E-state index in [1.54, 1.807) is 6.07 Å². The third kappa shape index (κ3) is 1.87. The summed E-state index contributed by atoms with van der Waals surface area (Å²) in [6, 6.07) is 5.85. The molecule has 0 aliphatic carbocycles. The fourth-order valence-corrected chi connectivity index (χ4v) is 1.44. The van der Waals surface area contributed by atoms with Crippen LogP contribution in [0.2, 0.25) is 5.28 Å². The third-order valence-electron chi connectivity index (χ3n) is 1.84. The summed E-state index contributed by atoms with van der Waals surface area (Å²) < 4.78 is 37.6. The molecule has 0 aliphatic heterocycles. The van der Waals surface area contributed by atoms with Gasteiger partial charge in [0.1, 0.15) is 0 Å². The van der Waals surface area contributed by atoms with E-state index in [1.165, 1.54) is 18.2 Å². The maximum atomic E-state index is 12.5. The molecule has 2 nitrogen and oxygen atoms in total. The molecule has 0 aliphatic rings. The minimum Gasteiger partial charge on any atom is -0.218 e. The number of halogens is 4. The van der Waals surface area contributed by atoms with Crippen molar-refractivity contribution in [2.75, 3.05) is 0 Å². The van der Waals surface area contributed by atoms with Crippen molar-refractivity contribution in [1.29, 1.82) is 0 Å². The largest absolute Gasteiger partial charge is 0.434 e. The van der Waals surface area contributed by atoms with Gasteiger partial charge >= 0.3 is 6.18 Å². The van der Waals surface area contributed by atoms with Crippen LogP contribution in [0.1, 0.15) is 5.69 Å². The molecule has 1 heterocycles. The van der Waals surface area contributed by atoms with Gasteiger partial charge < -0.3 is 0 Å². The van der Waals surface area contributed by atoms with Crippen molar-refractivity contribution in [2.24, 2.45) is 0 Å². The summed E-state index contributed by atoms with van der Waals surface area (Å²) in [7, 11) is 0. The lowest BCUT2D eigenvalue weighted by Gasteiger charge is -2.08. The van der Waals surface area contributed by atoms with Crippen molar-refractivity contribution < 1.29 is 13.2 Å². The van der Waals surface area contributed by atoms with Crippen LogP contribution in [-0.2, 0) is 6.18 Å². The molecule has 0 bridgehead atoms. The Morgan fingerprint density at radius 1 is 1.07 bits per heavy atom. The molecule has 0 unspecified atom stereocenters. The van der Waals surface area contributed by atoms with Crippen molar-refractivity contribution in [3.8, 4) is 0 Å². The number of hydrogen-bond acceptors (Lipinski definition) is 2. The Hall–Kier alpha value is -1.36. The maximum Gasteiger partial charge on any atom is 0.434 e. The predicted octanol–water partition coefficient (Wildman–Crippen LogP) is 3.30. The summed E-state index contributed by atoms with van der Waals surface area (Å²) in [5.41, 5.74) is -0.817. The Morgan fingerprint density at radius 2 is 1.73 bits per heavy atom. The predicted molar refractivity (Wildman–Crippen MR) is 49.6 cm³/mol. The lowest BCUT2D eigenvalue weighted by atomic mass is 10.2. The highest BCUT2D eigenvalue weighted by Gasteiger charge is 2.35. The van der Waals surface area contributed by atoms with Gasteiger partial charge in [-0.25, -0.2) is 9.97 Å². The van der Waals surface area contributed by atoms with Gasteiger partial charge in [-0.05, 0) is 17.7 Å². The minimum atomic E-state index is -4.52.